The number of fused-ring (bicyclic) bond motifs is 1. The van der Waals surface area contributed by atoms with Gasteiger partial charge in [0.2, 0.25) is 0 Å². The molecule has 0 unspecified atom stereocenters. The van der Waals surface area contributed by atoms with Gasteiger partial charge in [-0.25, -0.2) is 0 Å². The molecule has 1 aliphatic heterocycles. The first-order chi connectivity index (χ1) is 9.18. The Morgan fingerprint density at radius 2 is 1.63 bits per heavy atom. The molecule has 0 fully saturated rings. The molecule has 5 heteroatoms. The Morgan fingerprint density at radius 3 is 2.16 bits per heavy atom. The first kappa shape index (κ1) is 11.8. The van der Waals surface area contributed by atoms with Crippen molar-refractivity contribution in [3.63, 3.8) is 0 Å². The van der Waals surface area contributed by atoms with Crippen LogP contribution in [0.15, 0.2) is 41.8 Å². The van der Waals surface area contributed by atoms with E-state index >= 15 is 0 Å². The Hall–Kier alpha value is -2.27. The van der Waals surface area contributed by atoms with E-state index in [1.165, 1.54) is 11.3 Å². The zero-order chi connectivity index (χ0) is 13.4. The summed E-state index contributed by atoms with van der Waals surface area (Å²) in [5, 5.41) is 1.79. The maximum Gasteiger partial charge on any atom is 0.261 e. The summed E-state index contributed by atoms with van der Waals surface area (Å²) in [6.07, 6.45) is 0. The Labute approximate surface area is 113 Å². The number of thiophene rings is 1. The van der Waals surface area contributed by atoms with Gasteiger partial charge in [-0.2, -0.15) is 0 Å². The predicted molar refractivity (Wildman–Crippen MR) is 70.5 cm³/mol. The number of hydrogen-bond acceptors (Lipinski definition) is 4. The SMILES string of the molecule is O=C(CN1C(=O)c2ccccc2C1=O)c1cccs1. The molecule has 19 heavy (non-hydrogen) atoms. The number of nitrogens with zero attached hydrogens (tertiary/aromatic N) is 1. The van der Waals surface area contributed by atoms with Crippen LogP contribution in [0.5, 0.6) is 0 Å². The first-order valence-corrected chi connectivity index (χ1v) is 6.58. The van der Waals surface area contributed by atoms with Crippen molar-refractivity contribution in [3.05, 3.63) is 57.8 Å². The van der Waals surface area contributed by atoms with Gasteiger partial charge in [0.25, 0.3) is 11.8 Å². The van der Waals surface area contributed by atoms with Crippen LogP contribution in [-0.4, -0.2) is 29.0 Å². The molecule has 0 atom stereocenters. The lowest BCUT2D eigenvalue weighted by Gasteiger charge is -2.11. The normalized spacial score (nSPS) is 13.8. The lowest BCUT2D eigenvalue weighted by Crippen LogP contribution is -2.34. The molecule has 2 amide bonds. The molecule has 0 N–H and O–H groups in total. The van der Waals surface area contributed by atoms with Gasteiger partial charge in [-0.15, -0.1) is 11.3 Å². The summed E-state index contributed by atoms with van der Waals surface area (Å²) in [5.41, 5.74) is 0.734. The number of carbonyl (C=O) groups is 3. The Kier molecular flexibility index (Phi) is 2.76. The largest absolute Gasteiger partial charge is 0.291 e. The molecule has 0 spiro atoms. The number of benzene rings is 1. The van der Waals surface area contributed by atoms with Crippen molar-refractivity contribution < 1.29 is 14.4 Å². The Morgan fingerprint density at radius 1 is 1.00 bits per heavy atom. The van der Waals surface area contributed by atoms with Crippen molar-refractivity contribution >= 4 is 28.9 Å². The van der Waals surface area contributed by atoms with E-state index in [9.17, 15) is 14.4 Å². The molecule has 0 radical (unpaired) electrons. The molecule has 1 aromatic heterocycles. The van der Waals surface area contributed by atoms with E-state index in [2.05, 4.69) is 0 Å². The fraction of sp³-hybridized carbons (Fsp3) is 0.0714. The van der Waals surface area contributed by atoms with Gasteiger partial charge in [0, 0.05) is 0 Å². The molecular weight excluding hydrogens is 262 g/mol. The quantitative estimate of drug-likeness (QED) is 0.635. The van der Waals surface area contributed by atoms with E-state index in [1.54, 1.807) is 41.8 Å². The lowest BCUT2D eigenvalue weighted by molar-refractivity contribution is 0.0625. The molecule has 0 saturated carbocycles. The van der Waals surface area contributed by atoms with E-state index in [4.69, 9.17) is 0 Å². The summed E-state index contributed by atoms with van der Waals surface area (Å²) in [4.78, 5) is 37.7. The first-order valence-electron chi connectivity index (χ1n) is 5.70. The van der Waals surface area contributed by atoms with Gasteiger partial charge in [-0.3, -0.25) is 19.3 Å². The van der Waals surface area contributed by atoms with Crippen LogP contribution in [0.4, 0.5) is 0 Å². The smallest absolute Gasteiger partial charge is 0.261 e. The van der Waals surface area contributed by atoms with Gasteiger partial charge >= 0.3 is 0 Å². The number of amides is 2. The van der Waals surface area contributed by atoms with Crippen molar-refractivity contribution in [2.24, 2.45) is 0 Å². The average Bonchev–Trinajstić information content (AvgIpc) is 3.03. The monoisotopic (exact) mass is 271 g/mol. The number of Topliss-reactive ketones (excluding diaryl/α,β-unsaturated/α-hetero) is 1. The molecule has 94 valence electrons. The van der Waals surface area contributed by atoms with Crippen molar-refractivity contribution in [2.75, 3.05) is 6.54 Å². The summed E-state index contributed by atoms with van der Waals surface area (Å²) in [7, 11) is 0. The molecule has 1 aromatic carbocycles. The second-order valence-corrected chi connectivity index (χ2v) is 5.09. The topological polar surface area (TPSA) is 54.5 Å². The third-order valence-electron chi connectivity index (χ3n) is 2.98. The highest BCUT2D eigenvalue weighted by molar-refractivity contribution is 7.12. The van der Waals surface area contributed by atoms with Crippen LogP contribution in [0.2, 0.25) is 0 Å². The third-order valence-corrected chi connectivity index (χ3v) is 3.89. The molecule has 2 aromatic rings. The predicted octanol–water partition coefficient (Wildman–Crippen LogP) is 2.23. The maximum absolute atomic E-state index is 12.1. The second kappa shape index (κ2) is 4.44. The fourth-order valence-corrected chi connectivity index (χ4v) is 2.70. The molecule has 3 rings (SSSR count). The van der Waals surface area contributed by atoms with Gasteiger partial charge < -0.3 is 0 Å². The van der Waals surface area contributed by atoms with Crippen LogP contribution in [0.1, 0.15) is 30.4 Å². The van der Waals surface area contributed by atoms with E-state index in [0.29, 0.717) is 16.0 Å². The van der Waals surface area contributed by atoms with Gasteiger partial charge in [-0.1, -0.05) is 18.2 Å². The zero-order valence-electron chi connectivity index (χ0n) is 9.83. The number of carbonyl (C=O) groups excluding carboxylic acids is 3. The molecule has 0 aliphatic carbocycles. The highest BCUT2D eigenvalue weighted by Gasteiger charge is 2.36. The lowest BCUT2D eigenvalue weighted by atomic mass is 10.1. The number of rotatable bonds is 3. The van der Waals surface area contributed by atoms with Crippen molar-refractivity contribution in [2.45, 2.75) is 0 Å². The highest BCUT2D eigenvalue weighted by Crippen LogP contribution is 2.23. The molecule has 4 nitrogen and oxygen atoms in total. The molecule has 0 bridgehead atoms. The van der Waals surface area contributed by atoms with Crippen molar-refractivity contribution in [1.82, 2.24) is 4.90 Å². The molecule has 0 saturated heterocycles. The summed E-state index contributed by atoms with van der Waals surface area (Å²) in [5.74, 6) is -1.01. The highest BCUT2D eigenvalue weighted by atomic mass is 32.1. The fourth-order valence-electron chi connectivity index (χ4n) is 2.04. The van der Waals surface area contributed by atoms with Crippen LogP contribution in [0.3, 0.4) is 0 Å². The second-order valence-electron chi connectivity index (χ2n) is 4.14. The summed E-state index contributed by atoms with van der Waals surface area (Å²) in [6.45, 7) is -0.202. The maximum atomic E-state index is 12.1. The van der Waals surface area contributed by atoms with E-state index in [0.717, 1.165) is 4.90 Å². The minimum atomic E-state index is -0.398. The van der Waals surface area contributed by atoms with Crippen LogP contribution in [-0.2, 0) is 0 Å². The van der Waals surface area contributed by atoms with Crippen LogP contribution >= 0.6 is 11.3 Å². The van der Waals surface area contributed by atoms with Crippen LogP contribution < -0.4 is 0 Å². The number of imide groups is 1. The van der Waals surface area contributed by atoms with E-state index < -0.39 is 11.8 Å². The molecular formula is C14H9NO3S. The summed E-state index contributed by atoms with van der Waals surface area (Å²) < 4.78 is 0. The van der Waals surface area contributed by atoms with E-state index in [-0.39, 0.29) is 12.3 Å². The van der Waals surface area contributed by atoms with Crippen molar-refractivity contribution in [3.8, 4) is 0 Å². The number of ketones is 1. The third kappa shape index (κ3) is 1.88. The van der Waals surface area contributed by atoms with E-state index in [1.807, 2.05) is 0 Å². The molecule has 2 heterocycles. The molecule has 1 aliphatic rings. The standard InChI is InChI=1S/C14H9NO3S/c16-11(12-6-3-7-19-12)8-15-13(17)9-4-1-2-5-10(9)14(15)18/h1-7H,8H2. The Bertz CT molecular complexity index is 641. The minimum absolute atomic E-state index is 0.202. The van der Waals surface area contributed by atoms with Gasteiger partial charge in [-0.05, 0) is 23.6 Å². The van der Waals surface area contributed by atoms with Gasteiger partial charge in [0.15, 0.2) is 5.78 Å². The van der Waals surface area contributed by atoms with Crippen LogP contribution in [0, 0.1) is 0 Å². The zero-order valence-corrected chi connectivity index (χ0v) is 10.6. The van der Waals surface area contributed by atoms with Gasteiger partial charge in [0.1, 0.15) is 0 Å². The van der Waals surface area contributed by atoms with Crippen LogP contribution in [0.25, 0.3) is 0 Å². The minimum Gasteiger partial charge on any atom is -0.291 e. The summed E-state index contributed by atoms with van der Waals surface area (Å²) in [6, 6.07) is 10.1. The van der Waals surface area contributed by atoms with Gasteiger partial charge in [0.05, 0.1) is 22.5 Å². The summed E-state index contributed by atoms with van der Waals surface area (Å²) >= 11 is 1.30. The number of hydrogen-bond donors (Lipinski definition) is 0. The average molecular weight is 271 g/mol. The van der Waals surface area contributed by atoms with Crippen molar-refractivity contribution in [1.29, 1.82) is 0 Å². The Balaban J connectivity index is 1.87.